The van der Waals surface area contributed by atoms with Gasteiger partial charge < -0.3 is 18.9 Å². The van der Waals surface area contributed by atoms with E-state index in [1.165, 1.54) is 77.0 Å². The second-order valence-electron chi connectivity index (χ2n) is 17.4. The van der Waals surface area contributed by atoms with Gasteiger partial charge in [0.2, 0.25) is 0 Å². The number of rotatable bonds is 41. The van der Waals surface area contributed by atoms with E-state index in [0.29, 0.717) is 31.1 Å². The second kappa shape index (κ2) is 35.5. The van der Waals surface area contributed by atoms with Crippen LogP contribution in [0.2, 0.25) is 0 Å². The lowest BCUT2D eigenvalue weighted by Crippen LogP contribution is -2.42. The summed E-state index contributed by atoms with van der Waals surface area (Å²) in [4.78, 5) is 53.5. The fourth-order valence-electron chi connectivity index (χ4n) is 9.69. The van der Waals surface area contributed by atoms with Gasteiger partial charge in [0.05, 0.1) is 26.4 Å². The minimum Gasteiger partial charge on any atom is -0.465 e. The molecule has 0 heterocycles. The molecule has 0 spiro atoms. The van der Waals surface area contributed by atoms with E-state index in [-0.39, 0.29) is 26.4 Å². The molecule has 8 heteroatoms. The molecular formula is C51H96O8. The summed E-state index contributed by atoms with van der Waals surface area (Å²) in [5.74, 6) is -0.914. The zero-order valence-corrected chi connectivity index (χ0v) is 40.4. The van der Waals surface area contributed by atoms with Gasteiger partial charge in [0.15, 0.2) is 10.8 Å². The number of hydrogen-bond acceptors (Lipinski definition) is 8. The maximum atomic E-state index is 13.5. The van der Waals surface area contributed by atoms with E-state index in [9.17, 15) is 19.2 Å². The van der Waals surface area contributed by atoms with Gasteiger partial charge in [-0.1, -0.05) is 195 Å². The molecule has 0 saturated carbocycles. The van der Waals surface area contributed by atoms with Crippen LogP contribution in [0, 0.1) is 22.2 Å². The molecule has 0 aliphatic carbocycles. The molecule has 0 aromatic heterocycles. The summed E-state index contributed by atoms with van der Waals surface area (Å²) in [6.07, 6.45) is 30.3. The topological polar surface area (TPSA) is 105 Å². The number of esters is 4. The van der Waals surface area contributed by atoms with Crippen LogP contribution in [0.5, 0.6) is 0 Å². The Kier molecular flexibility index (Phi) is 34.2. The SMILES string of the molecule is CCCCCCCCCC(CCCCCCCCCCC(CCCCCCCCC(CC)C(CC)(CC)CC)(C(=O)OCC)C(=O)OCC)(C(=O)OCC)C(=O)OCC. The van der Waals surface area contributed by atoms with Crippen molar-refractivity contribution in [2.45, 2.75) is 255 Å². The minimum atomic E-state index is -1.23. The van der Waals surface area contributed by atoms with E-state index in [2.05, 4.69) is 34.6 Å². The van der Waals surface area contributed by atoms with Crippen molar-refractivity contribution in [3.63, 3.8) is 0 Å². The summed E-state index contributed by atoms with van der Waals surface area (Å²) in [5, 5.41) is 0. The normalized spacial score (nSPS) is 12.6. The van der Waals surface area contributed by atoms with E-state index in [4.69, 9.17) is 18.9 Å². The number of carbonyl (C=O) groups excluding carboxylic acids is 4. The predicted octanol–water partition coefficient (Wildman–Crippen LogP) is 14.6. The zero-order chi connectivity index (χ0) is 44.3. The van der Waals surface area contributed by atoms with E-state index in [1.54, 1.807) is 27.7 Å². The number of unbranched alkanes of at least 4 members (excludes halogenated alkanes) is 18. The molecule has 348 valence electrons. The summed E-state index contributed by atoms with van der Waals surface area (Å²) in [6.45, 7) is 19.8. The lowest BCUT2D eigenvalue weighted by Gasteiger charge is -2.39. The van der Waals surface area contributed by atoms with E-state index < -0.39 is 34.7 Å². The average Bonchev–Trinajstić information content (AvgIpc) is 3.23. The van der Waals surface area contributed by atoms with E-state index in [0.717, 1.165) is 95.8 Å². The quantitative estimate of drug-likeness (QED) is 0.0259. The van der Waals surface area contributed by atoms with Crippen LogP contribution in [0.25, 0.3) is 0 Å². The molecular weight excluding hydrogens is 741 g/mol. The summed E-state index contributed by atoms with van der Waals surface area (Å²) in [5.41, 5.74) is -1.97. The smallest absolute Gasteiger partial charge is 0.323 e. The Balaban J connectivity index is 5.06. The first-order valence-electron chi connectivity index (χ1n) is 25.2. The van der Waals surface area contributed by atoms with Crippen molar-refractivity contribution in [3.05, 3.63) is 0 Å². The van der Waals surface area contributed by atoms with Crippen LogP contribution >= 0.6 is 0 Å². The Hall–Kier alpha value is -2.12. The molecule has 0 saturated heterocycles. The Morgan fingerprint density at radius 2 is 0.610 bits per heavy atom. The van der Waals surface area contributed by atoms with Crippen molar-refractivity contribution in [2.75, 3.05) is 26.4 Å². The number of carbonyl (C=O) groups is 4. The van der Waals surface area contributed by atoms with Gasteiger partial charge in [-0.3, -0.25) is 19.2 Å². The standard InChI is InChI=1S/C51H96O8/c1-10-19-20-21-25-30-35-40-50(45(52)56-15-6,46(53)57-16-7)41-36-31-26-22-23-27-32-37-42-51(47(54)58-17-8,48(55)59-18-9)43-38-33-28-24-29-34-39-44(11-2)49(12-3,13-4)14-5/h44H,10-43H2,1-9H3. The van der Waals surface area contributed by atoms with Gasteiger partial charge in [-0.15, -0.1) is 0 Å². The monoisotopic (exact) mass is 837 g/mol. The van der Waals surface area contributed by atoms with Gasteiger partial charge in [0, 0.05) is 0 Å². The van der Waals surface area contributed by atoms with Gasteiger partial charge in [-0.05, 0) is 71.1 Å². The Morgan fingerprint density at radius 3 is 0.847 bits per heavy atom. The highest BCUT2D eigenvalue weighted by molar-refractivity contribution is 6.00. The van der Waals surface area contributed by atoms with Crippen LogP contribution in [-0.4, -0.2) is 50.3 Å². The lowest BCUT2D eigenvalue weighted by atomic mass is 9.66. The lowest BCUT2D eigenvalue weighted by molar-refractivity contribution is -0.175. The van der Waals surface area contributed by atoms with Crippen molar-refractivity contribution in [1.29, 1.82) is 0 Å². The zero-order valence-electron chi connectivity index (χ0n) is 40.4. The minimum absolute atomic E-state index is 0.244. The molecule has 0 N–H and O–H groups in total. The first-order chi connectivity index (χ1) is 28.5. The predicted molar refractivity (Wildman–Crippen MR) is 244 cm³/mol. The number of ether oxygens (including phenoxy) is 4. The van der Waals surface area contributed by atoms with Gasteiger partial charge in [-0.25, -0.2) is 0 Å². The van der Waals surface area contributed by atoms with Crippen LogP contribution in [0.4, 0.5) is 0 Å². The first-order valence-corrected chi connectivity index (χ1v) is 25.2. The van der Waals surface area contributed by atoms with Crippen molar-refractivity contribution < 1.29 is 38.1 Å². The van der Waals surface area contributed by atoms with Crippen molar-refractivity contribution in [1.82, 2.24) is 0 Å². The third-order valence-corrected chi connectivity index (χ3v) is 13.7. The van der Waals surface area contributed by atoms with Crippen molar-refractivity contribution in [2.24, 2.45) is 22.2 Å². The highest BCUT2D eigenvalue weighted by atomic mass is 16.6. The highest BCUT2D eigenvalue weighted by Crippen LogP contribution is 2.43. The third kappa shape index (κ3) is 21.0. The molecule has 0 aliphatic heterocycles. The second-order valence-corrected chi connectivity index (χ2v) is 17.4. The van der Waals surface area contributed by atoms with E-state index in [1.807, 2.05) is 0 Å². The highest BCUT2D eigenvalue weighted by Gasteiger charge is 2.48. The number of hydrogen-bond donors (Lipinski definition) is 0. The molecule has 0 radical (unpaired) electrons. The summed E-state index contributed by atoms with van der Waals surface area (Å²) in [7, 11) is 0. The maximum absolute atomic E-state index is 13.5. The molecule has 0 aliphatic rings. The van der Waals surface area contributed by atoms with Crippen LogP contribution in [0.15, 0.2) is 0 Å². The molecule has 0 rings (SSSR count). The van der Waals surface area contributed by atoms with Gasteiger partial charge in [-0.2, -0.15) is 0 Å². The van der Waals surface area contributed by atoms with Crippen molar-refractivity contribution >= 4 is 23.9 Å². The fraction of sp³-hybridized carbons (Fsp3) is 0.922. The van der Waals surface area contributed by atoms with Crippen LogP contribution in [-0.2, 0) is 38.1 Å². The van der Waals surface area contributed by atoms with Gasteiger partial charge in [0.25, 0.3) is 0 Å². The third-order valence-electron chi connectivity index (χ3n) is 13.7. The largest absolute Gasteiger partial charge is 0.465 e. The van der Waals surface area contributed by atoms with Crippen LogP contribution < -0.4 is 0 Å². The summed E-state index contributed by atoms with van der Waals surface area (Å²) < 4.78 is 22.0. The Bertz CT molecular complexity index is 1020. The van der Waals surface area contributed by atoms with Gasteiger partial charge >= 0.3 is 23.9 Å². The molecule has 1 atom stereocenters. The van der Waals surface area contributed by atoms with Crippen LogP contribution in [0.1, 0.15) is 255 Å². The Morgan fingerprint density at radius 1 is 0.356 bits per heavy atom. The van der Waals surface area contributed by atoms with Crippen LogP contribution in [0.3, 0.4) is 0 Å². The van der Waals surface area contributed by atoms with E-state index >= 15 is 0 Å². The Labute approximate surface area is 364 Å². The molecule has 0 bridgehead atoms. The maximum Gasteiger partial charge on any atom is 0.323 e. The molecule has 8 nitrogen and oxygen atoms in total. The molecule has 0 fully saturated rings. The molecule has 59 heavy (non-hydrogen) atoms. The molecule has 1 unspecified atom stereocenters. The molecule has 0 amide bonds. The van der Waals surface area contributed by atoms with Crippen molar-refractivity contribution in [3.8, 4) is 0 Å². The average molecular weight is 837 g/mol. The first kappa shape index (κ1) is 56.9. The fourth-order valence-corrected chi connectivity index (χ4v) is 9.69. The molecule has 0 aromatic rings. The molecule has 0 aromatic carbocycles. The summed E-state index contributed by atoms with van der Waals surface area (Å²) in [6, 6.07) is 0. The van der Waals surface area contributed by atoms with Gasteiger partial charge in [0.1, 0.15) is 0 Å². The summed E-state index contributed by atoms with van der Waals surface area (Å²) >= 11 is 0.